The zero-order valence-electron chi connectivity index (χ0n) is 10.6. The number of rotatable bonds is 4. The molecule has 0 saturated heterocycles. The van der Waals surface area contributed by atoms with E-state index in [0.29, 0.717) is 0 Å². The summed E-state index contributed by atoms with van der Waals surface area (Å²) >= 11 is 0. The standard InChI is InChI=1S/C16H15FO2/c1-16(15(18)19,11-12-7-3-2-4-8-12)13-9-5-6-10-14(13)17/h2-10H,11H2,1H3,(H,18,19). The Labute approximate surface area is 111 Å². The Balaban J connectivity index is 2.45. The molecule has 1 N–H and O–H groups in total. The van der Waals surface area contributed by atoms with Gasteiger partial charge in [-0.1, -0.05) is 48.5 Å². The van der Waals surface area contributed by atoms with E-state index < -0.39 is 17.2 Å². The summed E-state index contributed by atoms with van der Waals surface area (Å²) in [7, 11) is 0. The Bertz CT molecular complexity index is 580. The van der Waals surface area contributed by atoms with Gasteiger partial charge in [-0.05, 0) is 25.0 Å². The second-order valence-electron chi connectivity index (χ2n) is 4.78. The fourth-order valence-corrected chi connectivity index (χ4v) is 2.20. The summed E-state index contributed by atoms with van der Waals surface area (Å²) in [6, 6.07) is 15.3. The molecule has 2 aromatic rings. The van der Waals surface area contributed by atoms with Gasteiger partial charge in [0.15, 0.2) is 0 Å². The Kier molecular flexibility index (Phi) is 3.65. The summed E-state index contributed by atoms with van der Waals surface area (Å²) in [6.07, 6.45) is 0.254. The summed E-state index contributed by atoms with van der Waals surface area (Å²) in [6.45, 7) is 1.56. The molecule has 0 spiro atoms. The van der Waals surface area contributed by atoms with Crippen LogP contribution in [-0.4, -0.2) is 11.1 Å². The molecule has 2 aromatic carbocycles. The lowest BCUT2D eigenvalue weighted by atomic mass is 9.77. The van der Waals surface area contributed by atoms with E-state index in [0.717, 1.165) is 5.56 Å². The average molecular weight is 258 g/mol. The SMILES string of the molecule is CC(Cc1ccccc1)(C(=O)O)c1ccccc1F. The molecule has 0 aromatic heterocycles. The van der Waals surface area contributed by atoms with E-state index in [1.807, 2.05) is 30.3 Å². The maximum atomic E-state index is 13.9. The van der Waals surface area contributed by atoms with Crippen molar-refractivity contribution in [3.05, 3.63) is 71.5 Å². The summed E-state index contributed by atoms with van der Waals surface area (Å²) < 4.78 is 13.9. The molecule has 3 heteroatoms. The Morgan fingerprint density at radius 2 is 1.68 bits per heavy atom. The molecule has 19 heavy (non-hydrogen) atoms. The van der Waals surface area contributed by atoms with E-state index in [1.54, 1.807) is 19.1 Å². The molecule has 1 unspecified atom stereocenters. The molecule has 0 heterocycles. The van der Waals surface area contributed by atoms with Gasteiger partial charge in [-0.25, -0.2) is 4.39 Å². The smallest absolute Gasteiger partial charge is 0.314 e. The number of halogens is 1. The zero-order chi connectivity index (χ0) is 13.9. The van der Waals surface area contributed by atoms with Crippen molar-refractivity contribution in [2.45, 2.75) is 18.8 Å². The third-order valence-corrected chi connectivity index (χ3v) is 3.34. The van der Waals surface area contributed by atoms with Gasteiger partial charge in [-0.2, -0.15) is 0 Å². The molecule has 1 atom stereocenters. The van der Waals surface area contributed by atoms with Crippen molar-refractivity contribution in [2.75, 3.05) is 0 Å². The van der Waals surface area contributed by atoms with Gasteiger partial charge in [0.2, 0.25) is 0 Å². The number of benzene rings is 2. The molecule has 98 valence electrons. The molecule has 0 fully saturated rings. The molecule has 2 nitrogen and oxygen atoms in total. The third-order valence-electron chi connectivity index (χ3n) is 3.34. The number of hydrogen-bond acceptors (Lipinski definition) is 1. The minimum atomic E-state index is -1.27. The molecule has 0 aliphatic rings. The highest BCUT2D eigenvalue weighted by Gasteiger charge is 2.37. The van der Waals surface area contributed by atoms with Crippen LogP contribution in [0, 0.1) is 5.82 Å². The van der Waals surface area contributed by atoms with Gasteiger partial charge in [0.25, 0.3) is 0 Å². The zero-order valence-corrected chi connectivity index (χ0v) is 10.6. The van der Waals surface area contributed by atoms with Crippen LogP contribution in [0.3, 0.4) is 0 Å². The number of aliphatic carboxylic acids is 1. The lowest BCUT2D eigenvalue weighted by molar-refractivity contribution is -0.143. The maximum Gasteiger partial charge on any atom is 0.314 e. The van der Waals surface area contributed by atoms with E-state index >= 15 is 0 Å². The predicted molar refractivity (Wildman–Crippen MR) is 71.5 cm³/mol. The first-order valence-corrected chi connectivity index (χ1v) is 6.06. The second kappa shape index (κ2) is 5.22. The molecule has 2 rings (SSSR count). The van der Waals surface area contributed by atoms with Crippen LogP contribution in [0.15, 0.2) is 54.6 Å². The fraction of sp³-hybridized carbons (Fsp3) is 0.188. The minimum Gasteiger partial charge on any atom is -0.481 e. The van der Waals surface area contributed by atoms with E-state index in [1.165, 1.54) is 12.1 Å². The van der Waals surface area contributed by atoms with Gasteiger partial charge in [-0.15, -0.1) is 0 Å². The van der Waals surface area contributed by atoms with Crippen molar-refractivity contribution in [1.82, 2.24) is 0 Å². The van der Waals surface area contributed by atoms with Crippen LogP contribution in [0.5, 0.6) is 0 Å². The van der Waals surface area contributed by atoms with Crippen LogP contribution in [0.4, 0.5) is 4.39 Å². The topological polar surface area (TPSA) is 37.3 Å². The highest BCUT2D eigenvalue weighted by molar-refractivity contribution is 5.81. The lowest BCUT2D eigenvalue weighted by Gasteiger charge is -2.26. The van der Waals surface area contributed by atoms with Crippen LogP contribution in [0.2, 0.25) is 0 Å². The minimum absolute atomic E-state index is 0.214. The molecule has 0 amide bonds. The van der Waals surface area contributed by atoms with Gasteiger partial charge >= 0.3 is 5.97 Å². The van der Waals surface area contributed by atoms with E-state index in [9.17, 15) is 14.3 Å². The van der Waals surface area contributed by atoms with Crippen LogP contribution < -0.4 is 0 Å². The van der Waals surface area contributed by atoms with Gasteiger partial charge in [0, 0.05) is 5.56 Å². The molecule has 0 aliphatic heterocycles. The largest absolute Gasteiger partial charge is 0.481 e. The van der Waals surface area contributed by atoms with Crippen molar-refractivity contribution < 1.29 is 14.3 Å². The van der Waals surface area contributed by atoms with Gasteiger partial charge < -0.3 is 5.11 Å². The number of hydrogen-bond donors (Lipinski definition) is 1. The van der Waals surface area contributed by atoms with Gasteiger partial charge in [-0.3, -0.25) is 4.79 Å². The van der Waals surface area contributed by atoms with Crippen molar-refractivity contribution in [3.63, 3.8) is 0 Å². The van der Waals surface area contributed by atoms with Crippen molar-refractivity contribution in [1.29, 1.82) is 0 Å². The monoisotopic (exact) mass is 258 g/mol. The summed E-state index contributed by atoms with van der Waals surface area (Å²) in [5.41, 5.74) is -0.186. The van der Waals surface area contributed by atoms with E-state index in [4.69, 9.17) is 0 Å². The number of carboxylic acids is 1. The predicted octanol–water partition coefficient (Wildman–Crippen LogP) is 3.41. The normalized spacial score (nSPS) is 13.8. The quantitative estimate of drug-likeness (QED) is 0.912. The maximum absolute atomic E-state index is 13.9. The fourth-order valence-electron chi connectivity index (χ4n) is 2.20. The Hall–Kier alpha value is -2.16. The first-order chi connectivity index (χ1) is 9.04. The van der Waals surface area contributed by atoms with Crippen LogP contribution in [-0.2, 0) is 16.6 Å². The van der Waals surface area contributed by atoms with Crippen LogP contribution in [0.25, 0.3) is 0 Å². The summed E-state index contributed by atoms with van der Waals surface area (Å²) in [4.78, 5) is 11.6. The van der Waals surface area contributed by atoms with Crippen molar-refractivity contribution in [2.24, 2.45) is 0 Å². The Morgan fingerprint density at radius 3 is 2.26 bits per heavy atom. The first kappa shape index (κ1) is 13.3. The van der Waals surface area contributed by atoms with Crippen molar-refractivity contribution >= 4 is 5.97 Å². The molecular formula is C16H15FO2. The van der Waals surface area contributed by atoms with Gasteiger partial charge in [0.05, 0.1) is 5.41 Å². The lowest BCUT2D eigenvalue weighted by Crippen LogP contribution is -2.35. The Morgan fingerprint density at radius 1 is 1.11 bits per heavy atom. The second-order valence-corrected chi connectivity index (χ2v) is 4.78. The molecule has 0 bridgehead atoms. The molecule has 0 aliphatic carbocycles. The average Bonchev–Trinajstić information content (AvgIpc) is 2.40. The highest BCUT2D eigenvalue weighted by Crippen LogP contribution is 2.30. The highest BCUT2D eigenvalue weighted by atomic mass is 19.1. The van der Waals surface area contributed by atoms with Gasteiger partial charge in [0.1, 0.15) is 5.82 Å². The van der Waals surface area contributed by atoms with E-state index in [2.05, 4.69) is 0 Å². The molecule has 0 saturated carbocycles. The van der Waals surface area contributed by atoms with Crippen LogP contribution >= 0.6 is 0 Å². The molecular weight excluding hydrogens is 243 g/mol. The summed E-state index contributed by atoms with van der Waals surface area (Å²) in [5.74, 6) is -1.51. The van der Waals surface area contributed by atoms with Crippen LogP contribution in [0.1, 0.15) is 18.1 Å². The van der Waals surface area contributed by atoms with Crippen molar-refractivity contribution in [3.8, 4) is 0 Å². The van der Waals surface area contributed by atoms with E-state index in [-0.39, 0.29) is 12.0 Å². The number of carbonyl (C=O) groups is 1. The first-order valence-electron chi connectivity index (χ1n) is 6.06. The number of carboxylic acid groups (broad SMARTS) is 1. The molecule has 0 radical (unpaired) electrons. The third kappa shape index (κ3) is 2.65. The summed E-state index contributed by atoms with van der Waals surface area (Å²) in [5, 5.41) is 9.51.